The molecule has 0 amide bonds. The molecule has 122 valence electrons. The van der Waals surface area contributed by atoms with Gasteiger partial charge in [0.25, 0.3) is 0 Å². The van der Waals surface area contributed by atoms with Crippen molar-refractivity contribution in [3.8, 4) is 0 Å². The van der Waals surface area contributed by atoms with Gasteiger partial charge in [0.2, 0.25) is 0 Å². The first-order chi connectivity index (χ1) is 9.35. The van der Waals surface area contributed by atoms with E-state index in [0.29, 0.717) is 19.8 Å². The van der Waals surface area contributed by atoms with Crippen LogP contribution in [0.4, 0.5) is 0 Å². The summed E-state index contributed by atoms with van der Waals surface area (Å²) in [6, 6.07) is 0.978. The molecule has 0 saturated heterocycles. The van der Waals surface area contributed by atoms with Crippen molar-refractivity contribution in [2.24, 2.45) is 0 Å². The minimum absolute atomic E-state index is 0.214. The van der Waals surface area contributed by atoms with Gasteiger partial charge in [-0.2, -0.15) is 0 Å². The molecule has 0 N–H and O–H groups in total. The van der Waals surface area contributed by atoms with E-state index in [-0.39, 0.29) is 7.47 Å². The van der Waals surface area contributed by atoms with Gasteiger partial charge in [0, 0.05) is 25.9 Å². The molecule has 0 saturated carbocycles. The van der Waals surface area contributed by atoms with Gasteiger partial charge in [-0.25, -0.2) is 0 Å². The molecule has 0 spiro atoms. The van der Waals surface area contributed by atoms with Gasteiger partial charge in [0.05, 0.1) is 7.74 Å². The van der Waals surface area contributed by atoms with Crippen molar-refractivity contribution >= 4 is 24.0 Å². The Morgan fingerprint density at radius 3 is 1.55 bits per heavy atom. The number of hydrogen-bond donors (Lipinski definition) is 0. The summed E-state index contributed by atoms with van der Waals surface area (Å²) in [6.45, 7) is 18.0. The maximum atomic E-state index is 5.92. The van der Waals surface area contributed by atoms with E-state index in [1.54, 1.807) is 0 Å². The van der Waals surface area contributed by atoms with Crippen LogP contribution in [0.25, 0.3) is 0 Å². The minimum Gasteiger partial charge on any atom is -0.374 e. The van der Waals surface area contributed by atoms with Crippen LogP contribution < -0.4 is 0 Å². The van der Waals surface area contributed by atoms with Gasteiger partial charge >= 0.3 is 8.80 Å². The molecule has 0 aromatic heterocycles. The fourth-order valence-corrected chi connectivity index (χ4v) is 13.2. The Labute approximate surface area is 129 Å². The third kappa shape index (κ3) is 7.67. The smallest absolute Gasteiger partial charge is 0.374 e. The summed E-state index contributed by atoms with van der Waals surface area (Å²) in [6.07, 6.45) is 3.90. The summed E-state index contributed by atoms with van der Waals surface area (Å²) in [5.74, 6) is 0. The molecule has 0 heterocycles. The van der Waals surface area contributed by atoms with Crippen LogP contribution in [0.15, 0.2) is 0 Å². The fraction of sp³-hybridized carbons (Fsp3) is 1.00. The normalized spacial score (nSPS) is 14.6. The topological polar surface area (TPSA) is 27.7 Å². The van der Waals surface area contributed by atoms with Crippen molar-refractivity contribution in [1.29, 1.82) is 0 Å². The zero-order valence-electron chi connectivity index (χ0n) is 14.6. The Hall–Kier alpha value is 0.744. The monoisotopic (exact) mass is 338 g/mol. The molecular weight excluding hydrogens is 303 g/mol. The maximum absolute atomic E-state index is 5.92. The van der Waals surface area contributed by atoms with E-state index >= 15 is 0 Å². The molecule has 3 nitrogen and oxygen atoms in total. The Morgan fingerprint density at radius 1 is 0.800 bits per heavy atom. The molecule has 20 heavy (non-hydrogen) atoms. The molecule has 0 fully saturated rings. The predicted molar refractivity (Wildman–Crippen MR) is 95.7 cm³/mol. The summed E-state index contributed by atoms with van der Waals surface area (Å²) in [7, 11) is -3.18. The van der Waals surface area contributed by atoms with E-state index in [0.717, 1.165) is 6.04 Å². The second kappa shape index (κ2) is 10.5. The van der Waals surface area contributed by atoms with E-state index < -0.39 is 16.5 Å². The van der Waals surface area contributed by atoms with Gasteiger partial charge in [0.15, 0.2) is 0 Å². The van der Waals surface area contributed by atoms with E-state index in [1.165, 1.54) is 18.7 Å². The molecule has 0 aliphatic carbocycles. The van der Waals surface area contributed by atoms with Crippen LogP contribution in [-0.4, -0.2) is 48.7 Å². The van der Waals surface area contributed by atoms with Gasteiger partial charge in [-0.15, -0.1) is 7.47 Å². The molecule has 0 aliphatic rings. The van der Waals surface area contributed by atoms with Crippen LogP contribution in [-0.2, 0) is 13.3 Å². The van der Waals surface area contributed by atoms with E-state index in [1.807, 2.05) is 20.8 Å². The zero-order valence-corrected chi connectivity index (χ0v) is 17.5. The highest BCUT2D eigenvalue weighted by Crippen LogP contribution is 2.47. The summed E-state index contributed by atoms with van der Waals surface area (Å²) < 4.78 is 17.8. The highest BCUT2D eigenvalue weighted by atomic mass is 31.4. The summed E-state index contributed by atoms with van der Waals surface area (Å²) in [5.41, 5.74) is 0. The van der Waals surface area contributed by atoms with Gasteiger partial charge in [0.1, 0.15) is 0 Å². The lowest BCUT2D eigenvalue weighted by molar-refractivity contribution is 0.0712. The second-order valence-corrected chi connectivity index (χ2v) is 21.0. The van der Waals surface area contributed by atoms with Crippen molar-refractivity contribution in [2.75, 3.05) is 32.1 Å². The van der Waals surface area contributed by atoms with E-state index in [4.69, 9.17) is 13.3 Å². The first kappa shape index (κ1) is 20.7. The van der Waals surface area contributed by atoms with Crippen LogP contribution in [0.3, 0.4) is 0 Å². The molecule has 0 bridgehead atoms. The van der Waals surface area contributed by atoms with Gasteiger partial charge in [-0.3, -0.25) is 0 Å². The second-order valence-electron chi connectivity index (χ2n) is 5.84. The highest BCUT2D eigenvalue weighted by molar-refractivity contribution is 7.94. The first-order valence-electron chi connectivity index (χ1n) is 8.02. The molecule has 6 heteroatoms. The Balaban J connectivity index is 4.51. The molecule has 1 atom stereocenters. The predicted octanol–water partition coefficient (Wildman–Crippen LogP) is 4.76. The Morgan fingerprint density at radius 2 is 1.25 bits per heavy atom. The van der Waals surface area contributed by atoms with Crippen molar-refractivity contribution < 1.29 is 13.3 Å². The lowest BCUT2D eigenvalue weighted by Crippen LogP contribution is -2.46. The summed E-state index contributed by atoms with van der Waals surface area (Å²) >= 11 is 0. The average molecular weight is 339 g/mol. The molecule has 1 unspecified atom stereocenters. The molecule has 0 aliphatic heterocycles. The average Bonchev–Trinajstić information content (AvgIpc) is 2.34. The van der Waals surface area contributed by atoms with Crippen molar-refractivity contribution in [3.63, 3.8) is 0 Å². The van der Waals surface area contributed by atoms with Gasteiger partial charge < -0.3 is 13.3 Å². The van der Waals surface area contributed by atoms with Gasteiger partial charge in [-0.1, -0.05) is 26.6 Å². The van der Waals surface area contributed by atoms with E-state index in [2.05, 4.69) is 26.6 Å². The quantitative estimate of drug-likeness (QED) is 0.379. The molecule has 0 rings (SSSR count). The summed E-state index contributed by atoms with van der Waals surface area (Å²) in [5, 5.41) is 0. The fourth-order valence-electron chi connectivity index (χ4n) is 2.46. The number of rotatable bonds is 12. The van der Waals surface area contributed by atoms with Crippen molar-refractivity contribution in [2.45, 2.75) is 59.8 Å². The van der Waals surface area contributed by atoms with Crippen LogP contribution in [0.1, 0.15) is 34.1 Å². The van der Waals surface area contributed by atoms with Crippen LogP contribution >= 0.6 is 7.47 Å². The van der Waals surface area contributed by atoms with Crippen LogP contribution in [0, 0.1) is 0 Å². The first-order valence-corrected chi connectivity index (χ1v) is 16.0. The van der Waals surface area contributed by atoms with Crippen molar-refractivity contribution in [3.05, 3.63) is 0 Å². The Kier molecular flexibility index (Phi) is 10.9. The zero-order chi connectivity index (χ0) is 15.6. The Bertz CT molecular complexity index is 230. The molecule has 0 radical (unpaired) electrons. The standard InChI is InChI=1S/C14H35O3PSi2/c1-8-15-20(16-9-2,17-10-3)14-12-13-18(11-4)19(5,6)7/h8-14H2,1-7H3. The third-order valence-electron chi connectivity index (χ3n) is 3.33. The SMILES string of the molecule is CCO[Si](CCCP(CC)[Si](C)(C)C)(OCC)OCC. The van der Waals surface area contributed by atoms with Crippen LogP contribution in [0.2, 0.25) is 25.7 Å². The molecule has 0 aromatic rings. The maximum Gasteiger partial charge on any atom is 0.500 e. The lowest BCUT2D eigenvalue weighted by atomic mass is 10.6. The highest BCUT2D eigenvalue weighted by Gasteiger charge is 2.40. The summed E-state index contributed by atoms with van der Waals surface area (Å²) in [4.78, 5) is 0. The van der Waals surface area contributed by atoms with Gasteiger partial charge in [-0.05, 0) is 39.5 Å². The van der Waals surface area contributed by atoms with Crippen molar-refractivity contribution in [1.82, 2.24) is 0 Å². The molecular formula is C14H35O3PSi2. The third-order valence-corrected chi connectivity index (χ3v) is 17.3. The van der Waals surface area contributed by atoms with E-state index in [9.17, 15) is 0 Å². The molecule has 0 aromatic carbocycles. The largest absolute Gasteiger partial charge is 0.500 e. The lowest BCUT2D eigenvalue weighted by Gasteiger charge is -2.31. The minimum atomic E-state index is -2.41. The number of hydrogen-bond acceptors (Lipinski definition) is 3. The van der Waals surface area contributed by atoms with Crippen LogP contribution in [0.5, 0.6) is 0 Å².